The lowest BCUT2D eigenvalue weighted by Gasteiger charge is -2.52. The van der Waals surface area contributed by atoms with Crippen LogP contribution in [0.5, 0.6) is 0 Å². The molecular weight excluding hydrogens is 373 g/mol. The molecule has 150 valence electrons. The Morgan fingerprint density at radius 1 is 1.28 bits per heavy atom. The first-order valence-electron chi connectivity index (χ1n) is 9.75. The van der Waals surface area contributed by atoms with E-state index in [1.165, 1.54) is 25.1 Å². The Labute approximate surface area is 167 Å². The molecule has 2 aliphatic rings. The van der Waals surface area contributed by atoms with Gasteiger partial charge in [0.25, 0.3) is 5.91 Å². The summed E-state index contributed by atoms with van der Waals surface area (Å²) in [5.41, 5.74) is 1.80. The van der Waals surface area contributed by atoms with Gasteiger partial charge in [0.15, 0.2) is 11.5 Å². The summed E-state index contributed by atoms with van der Waals surface area (Å²) in [4.78, 5) is 27.4. The highest BCUT2D eigenvalue weighted by molar-refractivity contribution is 6.02. The Balaban J connectivity index is 1.26. The average Bonchev–Trinajstić information content (AvgIpc) is 3.07. The van der Waals surface area contributed by atoms with Gasteiger partial charge in [-0.15, -0.1) is 0 Å². The van der Waals surface area contributed by atoms with Crippen molar-refractivity contribution in [2.45, 2.75) is 19.8 Å². The number of amides is 1. The topological polar surface area (TPSA) is 87.5 Å². The number of fused-ring (bicyclic) bond motifs is 1. The minimum atomic E-state index is -0.499. The molecule has 0 saturated carbocycles. The first kappa shape index (κ1) is 18.0. The zero-order chi connectivity index (χ0) is 20.0. The predicted molar refractivity (Wildman–Crippen MR) is 107 cm³/mol. The Morgan fingerprint density at radius 2 is 2.14 bits per heavy atom. The second-order valence-corrected chi connectivity index (χ2v) is 8.04. The second kappa shape index (κ2) is 6.77. The normalized spacial score (nSPS) is 18.1. The third-order valence-electron chi connectivity index (χ3n) is 5.69. The van der Waals surface area contributed by atoms with Crippen molar-refractivity contribution in [3.63, 3.8) is 0 Å². The van der Waals surface area contributed by atoms with Gasteiger partial charge in [-0.25, -0.2) is 19.3 Å². The van der Waals surface area contributed by atoms with E-state index in [1.807, 2.05) is 0 Å². The first-order valence-corrected chi connectivity index (χ1v) is 9.75. The summed E-state index contributed by atoms with van der Waals surface area (Å²) < 4.78 is 15.7. The average molecular weight is 395 g/mol. The lowest BCUT2D eigenvalue weighted by Crippen LogP contribution is -2.62. The minimum absolute atomic E-state index is 0.186. The molecule has 0 unspecified atom stereocenters. The summed E-state index contributed by atoms with van der Waals surface area (Å²) >= 11 is 0. The van der Waals surface area contributed by atoms with Gasteiger partial charge in [0.1, 0.15) is 11.5 Å². The van der Waals surface area contributed by atoms with Crippen LogP contribution in [-0.4, -0.2) is 51.4 Å². The molecule has 0 radical (unpaired) electrons. The van der Waals surface area contributed by atoms with Crippen LogP contribution in [0, 0.1) is 18.2 Å². The van der Waals surface area contributed by atoms with Crippen molar-refractivity contribution in [1.29, 1.82) is 0 Å². The SMILES string of the molecule is Cc1cn2cc(NC(=O)c3cnc(N4CC5(CCCNC5)C4)cn3)cc(F)c2n1. The molecule has 0 atom stereocenters. The van der Waals surface area contributed by atoms with Gasteiger partial charge in [-0.05, 0) is 26.3 Å². The van der Waals surface area contributed by atoms with E-state index < -0.39 is 11.7 Å². The number of imidazole rings is 1. The van der Waals surface area contributed by atoms with Crippen LogP contribution < -0.4 is 15.5 Å². The fraction of sp³-hybridized carbons (Fsp3) is 0.400. The van der Waals surface area contributed by atoms with E-state index in [1.54, 1.807) is 29.9 Å². The number of rotatable bonds is 3. The number of halogens is 1. The molecule has 0 aromatic carbocycles. The van der Waals surface area contributed by atoms with Crippen LogP contribution in [0.3, 0.4) is 0 Å². The Morgan fingerprint density at radius 3 is 2.86 bits per heavy atom. The third kappa shape index (κ3) is 3.31. The lowest BCUT2D eigenvalue weighted by molar-refractivity contribution is 0.102. The van der Waals surface area contributed by atoms with Gasteiger partial charge in [-0.2, -0.15) is 0 Å². The Kier molecular flexibility index (Phi) is 4.20. The molecule has 1 amide bonds. The molecule has 3 aromatic rings. The molecule has 2 N–H and O–H groups in total. The number of hydrogen-bond donors (Lipinski definition) is 2. The van der Waals surface area contributed by atoms with Crippen molar-refractivity contribution >= 4 is 23.1 Å². The van der Waals surface area contributed by atoms with E-state index in [0.29, 0.717) is 16.8 Å². The molecule has 2 aliphatic heterocycles. The van der Waals surface area contributed by atoms with Crippen LogP contribution >= 0.6 is 0 Å². The Bertz CT molecular complexity index is 1060. The maximum absolute atomic E-state index is 14.2. The molecule has 5 rings (SSSR count). The molecule has 0 bridgehead atoms. The summed E-state index contributed by atoms with van der Waals surface area (Å²) in [6.45, 7) is 5.86. The summed E-state index contributed by atoms with van der Waals surface area (Å²) in [6, 6.07) is 1.25. The van der Waals surface area contributed by atoms with Gasteiger partial charge in [-0.1, -0.05) is 0 Å². The minimum Gasteiger partial charge on any atom is -0.354 e. The molecule has 9 heteroatoms. The van der Waals surface area contributed by atoms with Crippen LogP contribution in [0.4, 0.5) is 15.9 Å². The van der Waals surface area contributed by atoms with Gasteiger partial charge < -0.3 is 19.9 Å². The van der Waals surface area contributed by atoms with Crippen molar-refractivity contribution in [3.8, 4) is 0 Å². The Hall–Kier alpha value is -3.07. The van der Waals surface area contributed by atoms with Crippen molar-refractivity contribution in [3.05, 3.63) is 48.1 Å². The highest BCUT2D eigenvalue weighted by atomic mass is 19.1. The molecule has 5 heterocycles. The highest BCUT2D eigenvalue weighted by Gasteiger charge is 2.44. The molecule has 2 saturated heterocycles. The summed E-state index contributed by atoms with van der Waals surface area (Å²) in [7, 11) is 0. The van der Waals surface area contributed by atoms with Gasteiger partial charge in [0.2, 0.25) is 0 Å². The number of hydrogen-bond acceptors (Lipinski definition) is 6. The second-order valence-electron chi connectivity index (χ2n) is 8.04. The van der Waals surface area contributed by atoms with Crippen molar-refractivity contribution in [2.24, 2.45) is 5.41 Å². The number of aryl methyl sites for hydroxylation is 1. The molecule has 8 nitrogen and oxygen atoms in total. The fourth-order valence-electron chi connectivity index (χ4n) is 4.27. The smallest absolute Gasteiger partial charge is 0.275 e. The lowest BCUT2D eigenvalue weighted by atomic mass is 9.74. The number of aromatic nitrogens is 4. The van der Waals surface area contributed by atoms with Crippen LogP contribution in [0.2, 0.25) is 0 Å². The van der Waals surface area contributed by atoms with E-state index in [0.717, 1.165) is 32.0 Å². The maximum atomic E-state index is 14.2. The molecular formula is C20H22FN7O. The monoisotopic (exact) mass is 395 g/mol. The van der Waals surface area contributed by atoms with Crippen LogP contribution in [0.25, 0.3) is 5.65 Å². The van der Waals surface area contributed by atoms with Gasteiger partial charge in [0.05, 0.1) is 23.8 Å². The zero-order valence-electron chi connectivity index (χ0n) is 16.2. The van der Waals surface area contributed by atoms with Gasteiger partial charge in [0, 0.05) is 43.5 Å². The van der Waals surface area contributed by atoms with E-state index >= 15 is 0 Å². The summed E-state index contributed by atoms with van der Waals surface area (Å²) in [6.07, 6.45) is 8.86. The number of carbonyl (C=O) groups excluding carboxylic acids is 1. The van der Waals surface area contributed by atoms with Gasteiger partial charge in [-0.3, -0.25) is 4.79 Å². The highest BCUT2D eigenvalue weighted by Crippen LogP contribution is 2.38. The van der Waals surface area contributed by atoms with Crippen LogP contribution in [0.15, 0.2) is 30.9 Å². The van der Waals surface area contributed by atoms with Crippen LogP contribution in [0.1, 0.15) is 29.0 Å². The maximum Gasteiger partial charge on any atom is 0.275 e. The molecule has 2 fully saturated rings. The number of piperidine rings is 1. The molecule has 29 heavy (non-hydrogen) atoms. The van der Waals surface area contributed by atoms with E-state index in [4.69, 9.17) is 0 Å². The number of nitrogens with one attached hydrogen (secondary N) is 2. The summed E-state index contributed by atoms with van der Waals surface area (Å²) in [5, 5.41) is 6.14. The first-order chi connectivity index (χ1) is 14.0. The van der Waals surface area contributed by atoms with Crippen molar-refractivity contribution < 1.29 is 9.18 Å². The van der Waals surface area contributed by atoms with E-state index in [9.17, 15) is 9.18 Å². The van der Waals surface area contributed by atoms with E-state index in [2.05, 4.69) is 30.5 Å². The predicted octanol–water partition coefficient (Wildman–Crippen LogP) is 2.01. The standard InChI is InChI=1S/C20H22FN7O/c1-13-8-27-9-14(5-15(21)18(27)25-13)26-19(29)16-6-24-17(7-23-16)28-11-20(12-28)3-2-4-22-10-20/h5-9,22H,2-4,10-12H2,1H3,(H,26,29). The zero-order valence-corrected chi connectivity index (χ0v) is 16.2. The molecule has 0 aliphatic carbocycles. The fourth-order valence-corrected chi connectivity index (χ4v) is 4.27. The molecule has 3 aromatic heterocycles. The number of nitrogens with zero attached hydrogens (tertiary/aromatic N) is 5. The third-order valence-corrected chi connectivity index (χ3v) is 5.69. The molecule has 1 spiro atoms. The van der Waals surface area contributed by atoms with Crippen molar-refractivity contribution in [1.82, 2.24) is 24.7 Å². The summed E-state index contributed by atoms with van der Waals surface area (Å²) in [5.74, 6) is -0.156. The van der Waals surface area contributed by atoms with Crippen LogP contribution in [-0.2, 0) is 0 Å². The van der Waals surface area contributed by atoms with Gasteiger partial charge >= 0.3 is 0 Å². The number of anilines is 2. The number of pyridine rings is 1. The van der Waals surface area contributed by atoms with E-state index in [-0.39, 0.29) is 11.3 Å². The van der Waals surface area contributed by atoms with Crippen molar-refractivity contribution in [2.75, 3.05) is 36.4 Å². The largest absolute Gasteiger partial charge is 0.354 e. The quantitative estimate of drug-likeness (QED) is 0.706. The number of carbonyl (C=O) groups is 1.